The number of halogens is 1. The molecule has 3 aromatic carbocycles. The summed E-state index contributed by atoms with van der Waals surface area (Å²) in [5.41, 5.74) is 3.47. The molecule has 174 valence electrons. The van der Waals surface area contributed by atoms with Crippen molar-refractivity contribution in [3.05, 3.63) is 126 Å². The second-order valence-corrected chi connectivity index (χ2v) is 8.03. The van der Waals surface area contributed by atoms with Crippen LogP contribution in [0, 0.1) is 0 Å². The molecule has 0 saturated carbocycles. The lowest BCUT2D eigenvalue weighted by atomic mass is 10.1. The van der Waals surface area contributed by atoms with E-state index in [-0.39, 0.29) is 12.2 Å². The molecule has 0 aliphatic carbocycles. The Bertz CT molecular complexity index is 1360. The smallest absolute Gasteiger partial charge is 0.268 e. The summed E-state index contributed by atoms with van der Waals surface area (Å²) >= 11 is 6.08. The number of carbonyl (C=O) groups excluding carboxylic acids is 2. The molecule has 0 fully saturated rings. The van der Waals surface area contributed by atoms with Crippen LogP contribution in [0.15, 0.2) is 109 Å². The van der Waals surface area contributed by atoms with E-state index >= 15 is 0 Å². The van der Waals surface area contributed by atoms with Crippen molar-refractivity contribution in [2.24, 2.45) is 0 Å². The fraction of sp³-hybridized carbons (Fsp3) is 0.0357. The second kappa shape index (κ2) is 11.1. The maximum atomic E-state index is 13.0. The third-order valence-electron chi connectivity index (χ3n) is 5.12. The van der Waals surface area contributed by atoms with E-state index in [0.29, 0.717) is 21.8 Å². The minimum atomic E-state index is -0.441. The van der Waals surface area contributed by atoms with Crippen molar-refractivity contribution in [2.45, 2.75) is 0 Å². The molecule has 2 amide bonds. The van der Waals surface area contributed by atoms with Crippen LogP contribution >= 0.6 is 11.6 Å². The van der Waals surface area contributed by atoms with Gasteiger partial charge in [-0.3, -0.25) is 9.59 Å². The number of aromatic nitrogens is 2. The van der Waals surface area contributed by atoms with E-state index in [1.807, 2.05) is 54.7 Å². The first-order chi connectivity index (χ1) is 17.0. The number of nitrogens with zero attached hydrogens (tertiary/aromatic N) is 2. The van der Waals surface area contributed by atoms with Crippen molar-refractivity contribution in [3.63, 3.8) is 0 Å². The molecule has 0 saturated heterocycles. The molecule has 0 unspecified atom stereocenters. The molecule has 0 radical (unpaired) electrons. The summed E-state index contributed by atoms with van der Waals surface area (Å²) in [6, 6.07) is 25.6. The van der Waals surface area contributed by atoms with Gasteiger partial charge in [0, 0.05) is 34.5 Å². The Morgan fingerprint density at radius 3 is 2.26 bits per heavy atom. The van der Waals surface area contributed by atoms with Crippen LogP contribution in [-0.2, 0) is 4.79 Å². The average molecular weight is 483 g/mol. The number of amides is 2. The van der Waals surface area contributed by atoms with Crippen LogP contribution in [0.4, 0.5) is 0 Å². The normalized spacial score (nSPS) is 11.1. The summed E-state index contributed by atoms with van der Waals surface area (Å²) in [7, 11) is 0. The summed E-state index contributed by atoms with van der Waals surface area (Å²) in [4.78, 5) is 25.8. The lowest BCUT2D eigenvalue weighted by molar-refractivity contribution is -0.117. The van der Waals surface area contributed by atoms with E-state index in [2.05, 4.69) is 17.2 Å². The maximum absolute atomic E-state index is 13.0. The van der Waals surface area contributed by atoms with E-state index in [9.17, 15) is 9.59 Å². The lowest BCUT2D eigenvalue weighted by Crippen LogP contribution is -2.34. The van der Waals surface area contributed by atoms with Gasteiger partial charge >= 0.3 is 0 Å². The molecule has 6 nitrogen and oxygen atoms in total. The third-order valence-corrected chi connectivity index (χ3v) is 5.37. The molecule has 0 bridgehead atoms. The van der Waals surface area contributed by atoms with Gasteiger partial charge in [0.05, 0.1) is 5.69 Å². The van der Waals surface area contributed by atoms with Gasteiger partial charge in [-0.15, -0.1) is 6.58 Å². The van der Waals surface area contributed by atoms with Gasteiger partial charge in [0.2, 0.25) is 0 Å². The molecule has 4 rings (SSSR count). The van der Waals surface area contributed by atoms with Crippen molar-refractivity contribution >= 4 is 29.5 Å². The van der Waals surface area contributed by atoms with Gasteiger partial charge in [-0.05, 0) is 42.5 Å². The Kier molecular flexibility index (Phi) is 7.55. The van der Waals surface area contributed by atoms with E-state index in [1.54, 1.807) is 53.2 Å². The van der Waals surface area contributed by atoms with Crippen molar-refractivity contribution in [1.29, 1.82) is 0 Å². The standard InChI is InChI=1S/C28H23ClN4O2/c1-2-17-30-28(35)25(31-27(34)21-9-5-3-6-10-21)18-22-19-33(24-11-7-4-8-12-24)32-26(22)20-13-15-23(29)16-14-20/h2-16,18-19H,1,17H2,(H,30,35)(H,31,34)/b25-18-. The quantitative estimate of drug-likeness (QED) is 0.265. The zero-order chi connectivity index (χ0) is 24.6. The third kappa shape index (κ3) is 5.93. The van der Waals surface area contributed by atoms with E-state index in [1.165, 1.54) is 0 Å². The number of hydrogen-bond donors (Lipinski definition) is 2. The van der Waals surface area contributed by atoms with Crippen LogP contribution in [0.1, 0.15) is 15.9 Å². The summed E-state index contributed by atoms with van der Waals surface area (Å²) < 4.78 is 1.73. The summed E-state index contributed by atoms with van der Waals surface area (Å²) in [5, 5.41) is 10.8. The van der Waals surface area contributed by atoms with Crippen molar-refractivity contribution in [1.82, 2.24) is 20.4 Å². The van der Waals surface area contributed by atoms with E-state index < -0.39 is 11.8 Å². The predicted octanol–water partition coefficient (Wildman–Crippen LogP) is 5.27. The van der Waals surface area contributed by atoms with Crippen LogP contribution in [0.2, 0.25) is 5.02 Å². The van der Waals surface area contributed by atoms with Gasteiger partial charge in [-0.1, -0.05) is 66.2 Å². The van der Waals surface area contributed by atoms with Gasteiger partial charge < -0.3 is 10.6 Å². The molecule has 1 heterocycles. The van der Waals surface area contributed by atoms with Crippen LogP contribution < -0.4 is 10.6 Å². The first kappa shape index (κ1) is 23.7. The molecule has 1 aromatic heterocycles. The summed E-state index contributed by atoms with van der Waals surface area (Å²) in [6.07, 6.45) is 5.01. The Balaban J connectivity index is 1.79. The van der Waals surface area contributed by atoms with Gasteiger partial charge in [0.25, 0.3) is 11.8 Å². The predicted molar refractivity (Wildman–Crippen MR) is 139 cm³/mol. The molecule has 0 spiro atoms. The molecular formula is C28H23ClN4O2. The number of carbonyl (C=O) groups is 2. The highest BCUT2D eigenvalue weighted by molar-refractivity contribution is 6.30. The molecule has 7 heteroatoms. The second-order valence-electron chi connectivity index (χ2n) is 7.60. The van der Waals surface area contributed by atoms with Crippen LogP contribution in [0.25, 0.3) is 23.0 Å². The van der Waals surface area contributed by atoms with Crippen LogP contribution in [-0.4, -0.2) is 28.1 Å². The Hall–Kier alpha value is -4.42. The van der Waals surface area contributed by atoms with Crippen molar-refractivity contribution in [3.8, 4) is 16.9 Å². The Morgan fingerprint density at radius 1 is 0.943 bits per heavy atom. The summed E-state index contributed by atoms with van der Waals surface area (Å²) in [6.45, 7) is 3.89. The number of nitrogens with one attached hydrogen (secondary N) is 2. The van der Waals surface area contributed by atoms with Crippen LogP contribution in [0.5, 0.6) is 0 Å². The van der Waals surface area contributed by atoms with Gasteiger partial charge in [0.15, 0.2) is 0 Å². The van der Waals surface area contributed by atoms with Gasteiger partial charge in [0.1, 0.15) is 11.4 Å². The number of para-hydroxylation sites is 1. The van der Waals surface area contributed by atoms with E-state index in [0.717, 1.165) is 11.3 Å². The molecule has 35 heavy (non-hydrogen) atoms. The number of rotatable bonds is 8. The molecule has 0 aliphatic heterocycles. The lowest BCUT2D eigenvalue weighted by Gasteiger charge is -2.10. The van der Waals surface area contributed by atoms with Crippen molar-refractivity contribution in [2.75, 3.05) is 6.54 Å². The highest BCUT2D eigenvalue weighted by Gasteiger charge is 2.17. The molecule has 0 atom stereocenters. The molecular weight excluding hydrogens is 460 g/mol. The largest absolute Gasteiger partial charge is 0.347 e. The molecule has 2 N–H and O–H groups in total. The first-order valence-electron chi connectivity index (χ1n) is 10.9. The SMILES string of the molecule is C=CCNC(=O)/C(=C/c1cn(-c2ccccc2)nc1-c1ccc(Cl)cc1)NC(=O)c1ccccc1. The van der Waals surface area contributed by atoms with Gasteiger partial charge in [-0.25, -0.2) is 4.68 Å². The minimum absolute atomic E-state index is 0.0866. The first-order valence-corrected chi connectivity index (χ1v) is 11.3. The zero-order valence-corrected chi connectivity index (χ0v) is 19.6. The number of hydrogen-bond acceptors (Lipinski definition) is 3. The van der Waals surface area contributed by atoms with Gasteiger partial charge in [-0.2, -0.15) is 5.10 Å². The topological polar surface area (TPSA) is 76.0 Å². The average Bonchev–Trinajstić information content (AvgIpc) is 3.32. The highest BCUT2D eigenvalue weighted by atomic mass is 35.5. The molecule has 4 aromatic rings. The Labute approximate surface area is 208 Å². The fourth-order valence-electron chi connectivity index (χ4n) is 3.40. The highest BCUT2D eigenvalue weighted by Crippen LogP contribution is 2.27. The van der Waals surface area contributed by atoms with Crippen molar-refractivity contribution < 1.29 is 9.59 Å². The Morgan fingerprint density at radius 2 is 1.60 bits per heavy atom. The maximum Gasteiger partial charge on any atom is 0.268 e. The number of benzene rings is 3. The fourth-order valence-corrected chi connectivity index (χ4v) is 3.52. The zero-order valence-electron chi connectivity index (χ0n) is 18.8. The summed E-state index contributed by atoms with van der Waals surface area (Å²) in [5.74, 6) is -0.835. The molecule has 0 aliphatic rings. The van der Waals surface area contributed by atoms with E-state index in [4.69, 9.17) is 16.7 Å². The minimum Gasteiger partial charge on any atom is -0.347 e. The van der Waals surface area contributed by atoms with Crippen LogP contribution in [0.3, 0.4) is 0 Å². The monoisotopic (exact) mass is 482 g/mol.